The third kappa shape index (κ3) is 13.5. The maximum Gasteiger partial charge on any atom is 0.0727 e. The Morgan fingerprint density at radius 2 is 1.28 bits per heavy atom. The van der Waals surface area contributed by atoms with Gasteiger partial charge in [0, 0.05) is 0 Å². The van der Waals surface area contributed by atoms with Crippen LogP contribution in [0.15, 0.2) is 51.6 Å². The summed E-state index contributed by atoms with van der Waals surface area (Å²) in [6, 6.07) is 14.1. The first kappa shape index (κ1) is 19.7. The molecule has 1 heterocycles. The SMILES string of the molecule is CC.CCC.Cc1ccsc1Br.c1ccccc1. The summed E-state index contributed by atoms with van der Waals surface area (Å²) < 4.78 is 1.24. The lowest BCUT2D eigenvalue weighted by Crippen LogP contribution is -1.55. The summed E-state index contributed by atoms with van der Waals surface area (Å²) in [7, 11) is 0. The van der Waals surface area contributed by atoms with Crippen molar-refractivity contribution in [1.29, 1.82) is 0 Å². The molecule has 18 heavy (non-hydrogen) atoms. The van der Waals surface area contributed by atoms with E-state index >= 15 is 0 Å². The average molecular weight is 329 g/mol. The molecule has 1 aromatic carbocycles. The van der Waals surface area contributed by atoms with Gasteiger partial charge in [0.2, 0.25) is 0 Å². The van der Waals surface area contributed by atoms with E-state index in [9.17, 15) is 0 Å². The molecule has 0 fully saturated rings. The van der Waals surface area contributed by atoms with E-state index in [1.165, 1.54) is 15.8 Å². The van der Waals surface area contributed by atoms with Crippen molar-refractivity contribution in [3.05, 3.63) is 57.2 Å². The molecular formula is C16H25BrS. The van der Waals surface area contributed by atoms with Gasteiger partial charge >= 0.3 is 0 Å². The highest BCUT2D eigenvalue weighted by molar-refractivity contribution is 9.11. The molecule has 0 N–H and O–H groups in total. The van der Waals surface area contributed by atoms with Gasteiger partial charge in [-0.3, -0.25) is 0 Å². The smallest absolute Gasteiger partial charge is 0.0727 e. The summed E-state index contributed by atoms with van der Waals surface area (Å²) in [5.41, 5.74) is 1.32. The molecule has 2 rings (SSSR count). The lowest BCUT2D eigenvalue weighted by Gasteiger charge is -1.77. The van der Waals surface area contributed by atoms with Gasteiger partial charge in [-0.15, -0.1) is 11.3 Å². The highest BCUT2D eigenvalue weighted by atomic mass is 79.9. The van der Waals surface area contributed by atoms with Crippen LogP contribution in [-0.4, -0.2) is 0 Å². The van der Waals surface area contributed by atoms with E-state index < -0.39 is 0 Å². The molecule has 2 heteroatoms. The molecule has 0 aliphatic heterocycles. The molecule has 2 aromatic rings. The molecule has 1 aromatic heterocycles. The molecule has 0 spiro atoms. The Labute approximate surface area is 125 Å². The lowest BCUT2D eigenvalue weighted by atomic mass is 10.4. The molecule has 0 aliphatic carbocycles. The number of aryl methyl sites for hydroxylation is 1. The zero-order valence-electron chi connectivity index (χ0n) is 12.1. The third-order valence-electron chi connectivity index (χ3n) is 1.47. The zero-order chi connectivity index (χ0) is 14.2. The molecular weight excluding hydrogens is 304 g/mol. The molecule has 0 radical (unpaired) electrons. The van der Waals surface area contributed by atoms with Crippen LogP contribution in [-0.2, 0) is 0 Å². The Hall–Kier alpha value is -0.600. The van der Waals surface area contributed by atoms with Crippen LogP contribution in [0.4, 0.5) is 0 Å². The van der Waals surface area contributed by atoms with Crippen molar-refractivity contribution in [1.82, 2.24) is 0 Å². The second-order valence-corrected chi connectivity index (χ2v) is 5.47. The standard InChI is InChI=1S/C6H6.C5H5BrS.C3H8.C2H6/c1-2-4-6-5-3-1;1-4-2-3-7-5(4)6;1-3-2;1-2/h1-6H;2-3H,1H3;3H2,1-2H3;1-2H3. The first-order valence-corrected chi connectivity index (χ1v) is 8.09. The van der Waals surface area contributed by atoms with Crippen molar-refractivity contribution in [2.24, 2.45) is 0 Å². The molecule has 0 nitrogen and oxygen atoms in total. The van der Waals surface area contributed by atoms with Gasteiger partial charge in [0.25, 0.3) is 0 Å². The van der Waals surface area contributed by atoms with Crippen LogP contribution in [0, 0.1) is 6.92 Å². The number of thiophene rings is 1. The van der Waals surface area contributed by atoms with E-state index in [1.54, 1.807) is 11.3 Å². The predicted molar refractivity (Wildman–Crippen MR) is 90.5 cm³/mol. The molecule has 0 saturated carbocycles. The third-order valence-corrected chi connectivity index (χ3v) is 3.45. The zero-order valence-corrected chi connectivity index (χ0v) is 14.5. The number of hydrogen-bond acceptors (Lipinski definition) is 1. The largest absolute Gasteiger partial charge is 0.137 e. The Morgan fingerprint density at radius 3 is 1.39 bits per heavy atom. The lowest BCUT2D eigenvalue weighted by molar-refractivity contribution is 1.09. The number of benzene rings is 1. The summed E-state index contributed by atoms with van der Waals surface area (Å²) >= 11 is 5.10. The summed E-state index contributed by atoms with van der Waals surface area (Å²) in [5.74, 6) is 0. The minimum absolute atomic E-state index is 1.24. The van der Waals surface area contributed by atoms with Crippen molar-refractivity contribution in [2.75, 3.05) is 0 Å². The molecule has 0 bridgehead atoms. The summed E-state index contributed by atoms with van der Waals surface area (Å²) in [6.45, 7) is 10.3. The predicted octanol–water partition coefficient (Wildman–Crippen LogP) is 6.95. The van der Waals surface area contributed by atoms with Gasteiger partial charge in [-0.2, -0.15) is 0 Å². The topological polar surface area (TPSA) is 0 Å². The van der Waals surface area contributed by atoms with Crippen LogP contribution in [0.3, 0.4) is 0 Å². The van der Waals surface area contributed by atoms with Crippen molar-refractivity contribution in [3.63, 3.8) is 0 Å². The molecule has 0 saturated heterocycles. The quantitative estimate of drug-likeness (QED) is 0.490. The minimum atomic E-state index is 1.24. The first-order chi connectivity index (χ1) is 8.72. The fourth-order valence-electron chi connectivity index (χ4n) is 0.739. The molecule has 102 valence electrons. The second kappa shape index (κ2) is 16.4. The molecule has 0 atom stereocenters. The van der Waals surface area contributed by atoms with Crippen molar-refractivity contribution in [3.8, 4) is 0 Å². The van der Waals surface area contributed by atoms with E-state index in [-0.39, 0.29) is 0 Å². The molecule has 0 aliphatic rings. The van der Waals surface area contributed by atoms with Gasteiger partial charge < -0.3 is 0 Å². The summed E-state index contributed by atoms with van der Waals surface area (Å²) in [5, 5.41) is 2.07. The van der Waals surface area contributed by atoms with E-state index in [0.717, 1.165) is 0 Å². The van der Waals surface area contributed by atoms with Crippen LogP contribution in [0.1, 0.15) is 39.7 Å². The highest BCUT2D eigenvalue weighted by Gasteiger charge is 1.89. The fraction of sp³-hybridized carbons (Fsp3) is 0.375. The molecule has 0 unspecified atom stereocenters. The Kier molecular flexibility index (Phi) is 18.0. The highest BCUT2D eigenvalue weighted by Crippen LogP contribution is 2.21. The van der Waals surface area contributed by atoms with E-state index in [4.69, 9.17) is 0 Å². The monoisotopic (exact) mass is 328 g/mol. The van der Waals surface area contributed by atoms with Crippen molar-refractivity contribution < 1.29 is 0 Å². The molecule has 0 amide bonds. The van der Waals surface area contributed by atoms with Gasteiger partial charge in [0.05, 0.1) is 3.79 Å². The Bertz CT molecular complexity index is 298. The van der Waals surface area contributed by atoms with Crippen molar-refractivity contribution >= 4 is 27.3 Å². The van der Waals surface area contributed by atoms with Gasteiger partial charge in [-0.05, 0) is 39.9 Å². The van der Waals surface area contributed by atoms with Gasteiger partial charge in [0.15, 0.2) is 0 Å². The van der Waals surface area contributed by atoms with Crippen LogP contribution in [0.2, 0.25) is 0 Å². The van der Waals surface area contributed by atoms with Gasteiger partial charge in [-0.25, -0.2) is 0 Å². The average Bonchev–Trinajstić information content (AvgIpc) is 2.80. The fourth-order valence-corrected chi connectivity index (χ4v) is 1.84. The van der Waals surface area contributed by atoms with E-state index in [1.807, 2.05) is 50.2 Å². The first-order valence-electron chi connectivity index (χ1n) is 6.42. The second-order valence-electron chi connectivity index (χ2n) is 3.24. The van der Waals surface area contributed by atoms with E-state index in [0.29, 0.717) is 0 Å². The number of rotatable bonds is 0. The summed E-state index contributed by atoms with van der Waals surface area (Å²) in [6.07, 6.45) is 1.25. The van der Waals surface area contributed by atoms with Crippen LogP contribution in [0.5, 0.6) is 0 Å². The maximum absolute atomic E-state index is 3.38. The van der Waals surface area contributed by atoms with Crippen LogP contribution in [0.25, 0.3) is 0 Å². The van der Waals surface area contributed by atoms with Crippen molar-refractivity contribution in [2.45, 2.75) is 41.0 Å². The normalized spacial score (nSPS) is 7.67. The van der Waals surface area contributed by atoms with Gasteiger partial charge in [0.1, 0.15) is 0 Å². The number of hydrogen-bond donors (Lipinski definition) is 0. The Morgan fingerprint density at radius 1 is 0.944 bits per heavy atom. The van der Waals surface area contributed by atoms with Crippen LogP contribution < -0.4 is 0 Å². The number of halogens is 1. The maximum atomic E-state index is 3.38. The summed E-state index contributed by atoms with van der Waals surface area (Å²) in [4.78, 5) is 0. The van der Waals surface area contributed by atoms with Gasteiger partial charge in [-0.1, -0.05) is 70.5 Å². The van der Waals surface area contributed by atoms with E-state index in [2.05, 4.69) is 48.1 Å². The minimum Gasteiger partial charge on any atom is -0.137 e. The van der Waals surface area contributed by atoms with Crippen LogP contribution >= 0.6 is 27.3 Å². The Balaban J connectivity index is 0.